The molecular weight excluding hydrogens is 336 g/mol. The van der Waals surface area contributed by atoms with E-state index in [0.717, 1.165) is 11.8 Å². The summed E-state index contributed by atoms with van der Waals surface area (Å²) >= 11 is 5.95. The smallest absolute Gasteiger partial charge is 0.251 e. The van der Waals surface area contributed by atoms with Crippen LogP contribution in [0.15, 0.2) is 48.5 Å². The summed E-state index contributed by atoms with van der Waals surface area (Å²) < 4.78 is 24.8. The zero-order chi connectivity index (χ0) is 17.0. The summed E-state index contributed by atoms with van der Waals surface area (Å²) in [7, 11) is -3.39. The predicted molar refractivity (Wildman–Crippen MR) is 92.2 cm³/mol. The number of sulfonamides is 1. The third-order valence-electron chi connectivity index (χ3n) is 3.12. The van der Waals surface area contributed by atoms with Crippen LogP contribution in [-0.2, 0) is 10.0 Å². The Morgan fingerprint density at radius 3 is 2.48 bits per heavy atom. The van der Waals surface area contributed by atoms with E-state index in [4.69, 9.17) is 11.6 Å². The van der Waals surface area contributed by atoms with Crippen molar-refractivity contribution in [2.24, 2.45) is 0 Å². The van der Waals surface area contributed by atoms with E-state index in [1.807, 2.05) is 19.1 Å². The van der Waals surface area contributed by atoms with Crippen LogP contribution in [0.4, 0.5) is 5.69 Å². The van der Waals surface area contributed by atoms with Crippen molar-refractivity contribution < 1.29 is 13.2 Å². The van der Waals surface area contributed by atoms with Gasteiger partial charge in [-0.05, 0) is 42.8 Å². The summed E-state index contributed by atoms with van der Waals surface area (Å²) in [6, 6.07) is 13.3. The van der Waals surface area contributed by atoms with Gasteiger partial charge < -0.3 is 5.32 Å². The van der Waals surface area contributed by atoms with E-state index in [9.17, 15) is 13.2 Å². The lowest BCUT2D eigenvalue weighted by Crippen LogP contribution is -2.26. The topological polar surface area (TPSA) is 75.3 Å². The first-order valence-electron chi connectivity index (χ1n) is 6.89. The van der Waals surface area contributed by atoms with E-state index in [2.05, 4.69) is 10.0 Å². The van der Waals surface area contributed by atoms with Crippen LogP contribution in [0.3, 0.4) is 0 Å². The van der Waals surface area contributed by atoms with Gasteiger partial charge in [0.1, 0.15) is 0 Å². The fourth-order valence-electron chi connectivity index (χ4n) is 2.08. The first-order chi connectivity index (χ1) is 10.7. The molecule has 2 aromatic carbocycles. The van der Waals surface area contributed by atoms with E-state index in [1.54, 1.807) is 30.3 Å². The molecule has 0 bridgehead atoms. The average molecular weight is 353 g/mol. The van der Waals surface area contributed by atoms with E-state index in [1.165, 1.54) is 6.07 Å². The molecule has 0 aliphatic carbocycles. The molecule has 0 radical (unpaired) electrons. The van der Waals surface area contributed by atoms with Gasteiger partial charge in [-0.15, -0.1) is 0 Å². The summed E-state index contributed by atoms with van der Waals surface area (Å²) in [5, 5.41) is 3.45. The molecule has 1 atom stereocenters. The largest absolute Gasteiger partial charge is 0.346 e. The van der Waals surface area contributed by atoms with Crippen LogP contribution in [0.25, 0.3) is 0 Å². The maximum atomic E-state index is 12.3. The monoisotopic (exact) mass is 352 g/mol. The van der Waals surface area contributed by atoms with E-state index in [-0.39, 0.29) is 11.9 Å². The molecule has 0 aliphatic rings. The number of halogens is 1. The fraction of sp³-hybridized carbons (Fsp3) is 0.188. The highest BCUT2D eigenvalue weighted by atomic mass is 35.5. The van der Waals surface area contributed by atoms with E-state index in [0.29, 0.717) is 16.3 Å². The number of rotatable bonds is 5. The summed E-state index contributed by atoms with van der Waals surface area (Å²) in [6.45, 7) is 1.85. The summed E-state index contributed by atoms with van der Waals surface area (Å²) in [4.78, 5) is 12.3. The molecule has 0 aliphatic heterocycles. The van der Waals surface area contributed by atoms with Crippen molar-refractivity contribution in [1.82, 2.24) is 5.32 Å². The van der Waals surface area contributed by atoms with Crippen molar-refractivity contribution in [1.29, 1.82) is 0 Å². The van der Waals surface area contributed by atoms with Gasteiger partial charge in [0.2, 0.25) is 10.0 Å². The van der Waals surface area contributed by atoms with Crippen LogP contribution in [-0.4, -0.2) is 20.6 Å². The van der Waals surface area contributed by atoms with Gasteiger partial charge in [0.25, 0.3) is 5.91 Å². The Morgan fingerprint density at radius 2 is 1.83 bits per heavy atom. The molecule has 2 N–H and O–H groups in total. The summed E-state index contributed by atoms with van der Waals surface area (Å²) in [5.74, 6) is -0.297. The molecule has 23 heavy (non-hydrogen) atoms. The zero-order valence-corrected chi connectivity index (χ0v) is 14.3. The third kappa shape index (κ3) is 5.26. The second kappa shape index (κ2) is 7.02. The molecular formula is C16H17ClN2O3S. The lowest BCUT2D eigenvalue weighted by molar-refractivity contribution is 0.0940. The number of benzene rings is 2. The molecule has 0 spiro atoms. The Labute approximate surface area is 140 Å². The zero-order valence-electron chi connectivity index (χ0n) is 12.7. The van der Waals surface area contributed by atoms with Gasteiger partial charge in [-0.25, -0.2) is 8.42 Å². The number of carbonyl (C=O) groups excluding carboxylic acids is 1. The lowest BCUT2D eigenvalue weighted by Gasteiger charge is -2.15. The average Bonchev–Trinajstić information content (AvgIpc) is 2.45. The highest BCUT2D eigenvalue weighted by molar-refractivity contribution is 7.92. The lowest BCUT2D eigenvalue weighted by atomic mass is 10.1. The molecule has 1 amide bonds. The van der Waals surface area contributed by atoms with Crippen molar-refractivity contribution in [3.05, 3.63) is 64.7 Å². The quantitative estimate of drug-likeness (QED) is 0.867. The number of anilines is 1. The minimum Gasteiger partial charge on any atom is -0.346 e. The molecule has 2 rings (SSSR count). The molecule has 0 fully saturated rings. The molecule has 0 saturated carbocycles. The van der Waals surface area contributed by atoms with Crippen molar-refractivity contribution in [3.8, 4) is 0 Å². The van der Waals surface area contributed by atoms with Gasteiger partial charge in [0.05, 0.1) is 12.3 Å². The maximum absolute atomic E-state index is 12.3. The number of nitrogens with one attached hydrogen (secondary N) is 2. The van der Waals surface area contributed by atoms with Crippen LogP contribution in [0, 0.1) is 0 Å². The van der Waals surface area contributed by atoms with Gasteiger partial charge in [0, 0.05) is 16.3 Å². The van der Waals surface area contributed by atoms with Crippen molar-refractivity contribution in [3.63, 3.8) is 0 Å². The molecule has 2 aromatic rings. The molecule has 7 heteroatoms. The normalized spacial score (nSPS) is 12.5. The van der Waals surface area contributed by atoms with Gasteiger partial charge >= 0.3 is 0 Å². The predicted octanol–water partition coefficient (Wildman–Crippen LogP) is 3.20. The van der Waals surface area contributed by atoms with Crippen molar-refractivity contribution >= 4 is 33.2 Å². The van der Waals surface area contributed by atoms with Gasteiger partial charge in [-0.3, -0.25) is 9.52 Å². The summed E-state index contributed by atoms with van der Waals surface area (Å²) in [5.41, 5.74) is 1.60. The third-order valence-corrected chi connectivity index (χ3v) is 3.97. The second-order valence-corrected chi connectivity index (χ2v) is 7.39. The number of carbonyl (C=O) groups is 1. The highest BCUT2D eigenvalue weighted by Gasteiger charge is 2.13. The second-order valence-electron chi connectivity index (χ2n) is 5.21. The molecule has 1 unspecified atom stereocenters. The highest BCUT2D eigenvalue weighted by Crippen LogP contribution is 2.18. The van der Waals surface area contributed by atoms with E-state index >= 15 is 0 Å². The Morgan fingerprint density at radius 1 is 1.13 bits per heavy atom. The van der Waals surface area contributed by atoms with Crippen molar-refractivity contribution in [2.45, 2.75) is 13.0 Å². The minimum absolute atomic E-state index is 0.229. The first kappa shape index (κ1) is 17.3. The van der Waals surface area contributed by atoms with Crippen LogP contribution < -0.4 is 10.0 Å². The van der Waals surface area contributed by atoms with Crippen LogP contribution in [0.1, 0.15) is 28.9 Å². The summed E-state index contributed by atoms with van der Waals surface area (Å²) in [6.07, 6.45) is 1.06. The number of hydrogen-bond donors (Lipinski definition) is 2. The van der Waals surface area contributed by atoms with Gasteiger partial charge in [-0.1, -0.05) is 29.8 Å². The SMILES string of the molecule is CC(NC(=O)c1cccc(NS(C)(=O)=O)c1)c1cccc(Cl)c1. The van der Waals surface area contributed by atoms with Gasteiger partial charge in [-0.2, -0.15) is 0 Å². The maximum Gasteiger partial charge on any atom is 0.251 e. The number of hydrogen-bond acceptors (Lipinski definition) is 3. The molecule has 0 saturated heterocycles. The molecule has 0 aromatic heterocycles. The van der Waals surface area contributed by atoms with Gasteiger partial charge in [0.15, 0.2) is 0 Å². The Kier molecular flexibility index (Phi) is 5.28. The molecule has 5 nitrogen and oxygen atoms in total. The Hall–Kier alpha value is -2.05. The minimum atomic E-state index is -3.39. The molecule has 0 heterocycles. The first-order valence-corrected chi connectivity index (χ1v) is 9.16. The van der Waals surface area contributed by atoms with Crippen molar-refractivity contribution in [2.75, 3.05) is 11.0 Å². The van der Waals surface area contributed by atoms with Crippen LogP contribution in [0.5, 0.6) is 0 Å². The Bertz CT molecular complexity index is 822. The van der Waals surface area contributed by atoms with Crippen LogP contribution in [0.2, 0.25) is 5.02 Å². The fourth-order valence-corrected chi connectivity index (χ4v) is 2.83. The standard InChI is InChI=1S/C16H17ClN2O3S/c1-11(12-5-3-7-14(17)9-12)18-16(20)13-6-4-8-15(10-13)19-23(2,21)22/h3-11,19H,1-2H3,(H,18,20). The Balaban J connectivity index is 2.13. The number of amides is 1. The van der Waals surface area contributed by atoms with E-state index < -0.39 is 10.0 Å². The van der Waals surface area contributed by atoms with Crippen LogP contribution >= 0.6 is 11.6 Å². The molecule has 122 valence electrons.